The van der Waals surface area contributed by atoms with Gasteiger partial charge in [0.1, 0.15) is 6.04 Å². The second-order valence-corrected chi connectivity index (χ2v) is 5.16. The van der Waals surface area contributed by atoms with Crippen LogP contribution < -0.4 is 11.1 Å². The van der Waals surface area contributed by atoms with E-state index in [4.69, 9.17) is 10.5 Å². The van der Waals surface area contributed by atoms with Crippen molar-refractivity contribution in [1.82, 2.24) is 15.2 Å². The Morgan fingerprint density at radius 2 is 2.52 bits per heavy atom. The van der Waals surface area contributed by atoms with Crippen molar-refractivity contribution in [1.29, 1.82) is 0 Å². The molecule has 0 aliphatic carbocycles. The quantitative estimate of drug-likeness (QED) is 0.788. The van der Waals surface area contributed by atoms with E-state index in [9.17, 15) is 4.79 Å². The lowest BCUT2D eigenvalue weighted by molar-refractivity contribution is -0.134. The summed E-state index contributed by atoms with van der Waals surface area (Å²) < 4.78 is 5.49. The number of nitrogens with one attached hydrogen (secondary N) is 1. The third kappa shape index (κ3) is 4.00. The van der Waals surface area contributed by atoms with Crippen LogP contribution >= 0.6 is 0 Å². The van der Waals surface area contributed by atoms with Crippen LogP contribution in [0.1, 0.15) is 24.9 Å². The smallest absolute Gasteiger partial charge is 0.239 e. The third-order valence-corrected chi connectivity index (χ3v) is 3.71. The summed E-state index contributed by atoms with van der Waals surface area (Å²) in [6.45, 7) is 4.89. The number of rotatable bonds is 6. The molecular formula is C15H24N4O2. The molecule has 0 spiro atoms. The van der Waals surface area contributed by atoms with E-state index in [1.807, 2.05) is 25.3 Å². The van der Waals surface area contributed by atoms with Crippen LogP contribution in [-0.4, -0.2) is 54.7 Å². The van der Waals surface area contributed by atoms with Crippen molar-refractivity contribution in [2.45, 2.75) is 25.4 Å². The number of ether oxygens (including phenoxy) is 1. The maximum absolute atomic E-state index is 12.3. The highest BCUT2D eigenvalue weighted by Crippen LogP contribution is 2.23. The fraction of sp³-hybridized carbons (Fsp3) is 0.600. The molecule has 1 fully saturated rings. The molecule has 0 saturated carbocycles. The third-order valence-electron chi connectivity index (χ3n) is 3.71. The van der Waals surface area contributed by atoms with Gasteiger partial charge in [-0.25, -0.2) is 0 Å². The zero-order chi connectivity index (χ0) is 15.1. The van der Waals surface area contributed by atoms with Gasteiger partial charge in [-0.1, -0.05) is 13.0 Å². The summed E-state index contributed by atoms with van der Waals surface area (Å²) in [5.74, 6) is 0.0129. The molecule has 0 radical (unpaired) electrons. The van der Waals surface area contributed by atoms with E-state index in [0.29, 0.717) is 32.8 Å². The summed E-state index contributed by atoms with van der Waals surface area (Å²) in [7, 11) is 0. The average molecular weight is 292 g/mol. The first-order valence-corrected chi connectivity index (χ1v) is 7.49. The minimum absolute atomic E-state index is 0.0129. The molecule has 116 valence electrons. The molecule has 6 heteroatoms. The molecule has 1 aliphatic rings. The molecule has 21 heavy (non-hydrogen) atoms. The maximum atomic E-state index is 12.3. The number of nitrogens with zero attached hydrogens (tertiary/aromatic N) is 2. The van der Waals surface area contributed by atoms with Gasteiger partial charge in [0.25, 0.3) is 0 Å². The minimum atomic E-state index is -0.293. The van der Waals surface area contributed by atoms with Gasteiger partial charge < -0.3 is 15.8 Å². The SMILES string of the molecule is CCCNC(=O)C1COCCN1C(CN)c1cccnc1. The molecular weight excluding hydrogens is 268 g/mol. The molecule has 1 aromatic rings. The average Bonchev–Trinajstić information content (AvgIpc) is 2.55. The van der Waals surface area contributed by atoms with E-state index in [1.165, 1.54) is 0 Å². The van der Waals surface area contributed by atoms with Crippen LogP contribution in [0.5, 0.6) is 0 Å². The first kappa shape index (κ1) is 15.9. The maximum Gasteiger partial charge on any atom is 0.239 e. The van der Waals surface area contributed by atoms with Crippen molar-refractivity contribution < 1.29 is 9.53 Å². The van der Waals surface area contributed by atoms with E-state index in [2.05, 4.69) is 15.2 Å². The Hall–Kier alpha value is -1.50. The summed E-state index contributed by atoms with van der Waals surface area (Å²) in [6.07, 6.45) is 4.47. The Morgan fingerprint density at radius 1 is 1.67 bits per heavy atom. The van der Waals surface area contributed by atoms with Crippen LogP contribution in [-0.2, 0) is 9.53 Å². The highest BCUT2D eigenvalue weighted by Gasteiger charge is 2.34. The Kier molecular flexibility index (Phi) is 6.10. The first-order valence-electron chi connectivity index (χ1n) is 7.49. The van der Waals surface area contributed by atoms with Gasteiger partial charge in [0.2, 0.25) is 5.91 Å². The van der Waals surface area contributed by atoms with Gasteiger partial charge in [0.05, 0.1) is 13.2 Å². The number of hydrogen-bond acceptors (Lipinski definition) is 5. The Labute approximate surface area is 125 Å². The number of carbonyl (C=O) groups is 1. The standard InChI is InChI=1S/C15H24N4O2/c1-2-5-18-15(20)14-11-21-8-7-19(14)13(9-16)12-4-3-6-17-10-12/h3-4,6,10,13-14H,2,5,7-9,11,16H2,1H3,(H,18,20). The van der Waals surface area contributed by atoms with E-state index < -0.39 is 0 Å². The van der Waals surface area contributed by atoms with Gasteiger partial charge in [-0.15, -0.1) is 0 Å². The Bertz CT molecular complexity index is 441. The molecule has 3 N–H and O–H groups in total. The van der Waals surface area contributed by atoms with Crippen LogP contribution in [0.15, 0.2) is 24.5 Å². The molecule has 2 unspecified atom stereocenters. The van der Waals surface area contributed by atoms with Crippen LogP contribution in [0, 0.1) is 0 Å². The van der Waals surface area contributed by atoms with Crippen LogP contribution in [0.2, 0.25) is 0 Å². The topological polar surface area (TPSA) is 80.5 Å². The van der Waals surface area contributed by atoms with E-state index >= 15 is 0 Å². The molecule has 0 bridgehead atoms. The molecule has 1 amide bonds. The van der Waals surface area contributed by atoms with Gasteiger partial charge in [-0.3, -0.25) is 14.7 Å². The van der Waals surface area contributed by atoms with Crippen LogP contribution in [0.25, 0.3) is 0 Å². The largest absolute Gasteiger partial charge is 0.378 e. The molecule has 6 nitrogen and oxygen atoms in total. The summed E-state index contributed by atoms with van der Waals surface area (Å²) in [6, 6.07) is 3.59. The van der Waals surface area contributed by atoms with Gasteiger partial charge in [-0.2, -0.15) is 0 Å². The summed E-state index contributed by atoms with van der Waals surface area (Å²) in [5, 5.41) is 2.95. The van der Waals surface area contributed by atoms with Crippen molar-refractivity contribution in [3.8, 4) is 0 Å². The van der Waals surface area contributed by atoms with Gasteiger partial charge in [0.15, 0.2) is 0 Å². The van der Waals surface area contributed by atoms with Crippen molar-refractivity contribution in [3.05, 3.63) is 30.1 Å². The normalized spacial score (nSPS) is 21.0. The number of carbonyl (C=O) groups excluding carboxylic acids is 1. The lowest BCUT2D eigenvalue weighted by atomic mass is 10.0. The highest BCUT2D eigenvalue weighted by molar-refractivity contribution is 5.82. The number of nitrogens with two attached hydrogens (primary N) is 1. The van der Waals surface area contributed by atoms with Crippen molar-refractivity contribution in [3.63, 3.8) is 0 Å². The van der Waals surface area contributed by atoms with Crippen LogP contribution in [0.4, 0.5) is 0 Å². The van der Waals surface area contributed by atoms with Crippen molar-refractivity contribution >= 4 is 5.91 Å². The van der Waals surface area contributed by atoms with Crippen molar-refractivity contribution in [2.24, 2.45) is 5.73 Å². The second kappa shape index (κ2) is 8.07. The van der Waals surface area contributed by atoms with E-state index in [1.54, 1.807) is 6.20 Å². The molecule has 0 aromatic carbocycles. The van der Waals surface area contributed by atoms with Crippen LogP contribution in [0.3, 0.4) is 0 Å². The molecule has 2 rings (SSSR count). The molecule has 2 atom stereocenters. The molecule has 2 heterocycles. The lowest BCUT2D eigenvalue weighted by Crippen LogP contribution is -2.56. The second-order valence-electron chi connectivity index (χ2n) is 5.16. The number of morpholine rings is 1. The zero-order valence-corrected chi connectivity index (χ0v) is 12.5. The Balaban J connectivity index is 2.14. The molecule has 1 aromatic heterocycles. The molecule has 1 aliphatic heterocycles. The van der Waals surface area contributed by atoms with E-state index in [-0.39, 0.29) is 18.0 Å². The number of aromatic nitrogens is 1. The highest BCUT2D eigenvalue weighted by atomic mass is 16.5. The number of hydrogen-bond donors (Lipinski definition) is 2. The zero-order valence-electron chi connectivity index (χ0n) is 12.5. The summed E-state index contributed by atoms with van der Waals surface area (Å²) in [4.78, 5) is 18.6. The van der Waals surface area contributed by atoms with Gasteiger partial charge in [0, 0.05) is 38.1 Å². The first-order chi connectivity index (χ1) is 10.3. The predicted octanol–water partition coefficient (Wildman–Crippen LogP) is 0.308. The Morgan fingerprint density at radius 3 is 3.19 bits per heavy atom. The minimum Gasteiger partial charge on any atom is -0.378 e. The van der Waals surface area contributed by atoms with Gasteiger partial charge >= 0.3 is 0 Å². The summed E-state index contributed by atoms with van der Waals surface area (Å²) in [5.41, 5.74) is 6.99. The summed E-state index contributed by atoms with van der Waals surface area (Å²) >= 11 is 0. The number of pyridine rings is 1. The molecule has 1 saturated heterocycles. The van der Waals surface area contributed by atoms with E-state index in [0.717, 1.165) is 12.0 Å². The predicted molar refractivity (Wildman–Crippen MR) is 80.6 cm³/mol. The fourth-order valence-corrected chi connectivity index (χ4v) is 2.62. The number of amides is 1. The fourth-order valence-electron chi connectivity index (χ4n) is 2.62. The lowest BCUT2D eigenvalue weighted by Gasteiger charge is -2.39. The van der Waals surface area contributed by atoms with Crippen molar-refractivity contribution in [2.75, 3.05) is 32.8 Å². The van der Waals surface area contributed by atoms with Gasteiger partial charge in [-0.05, 0) is 18.1 Å². The monoisotopic (exact) mass is 292 g/mol.